The number of rotatable bonds is 2. The van der Waals surface area contributed by atoms with Crippen molar-refractivity contribution < 1.29 is 4.74 Å². The van der Waals surface area contributed by atoms with Crippen molar-refractivity contribution in [2.45, 2.75) is 57.2 Å². The second kappa shape index (κ2) is 5.03. The molecule has 0 aromatic carbocycles. The zero-order valence-electron chi connectivity index (χ0n) is 11.0. The van der Waals surface area contributed by atoms with Crippen molar-refractivity contribution in [3.63, 3.8) is 0 Å². The molecule has 3 heteroatoms. The minimum absolute atomic E-state index is 0.0687. The van der Waals surface area contributed by atoms with Crippen LogP contribution < -0.4 is 5.32 Å². The Morgan fingerprint density at radius 1 is 1.25 bits per heavy atom. The number of hydrogen-bond donors (Lipinski definition) is 1. The summed E-state index contributed by atoms with van der Waals surface area (Å²) in [5.74, 6) is 0. The number of nitrogens with zero attached hydrogens (tertiary/aromatic N) is 1. The van der Waals surface area contributed by atoms with Crippen molar-refractivity contribution >= 4 is 0 Å². The third-order valence-corrected chi connectivity index (χ3v) is 4.09. The molecule has 0 saturated carbocycles. The molecule has 3 nitrogen and oxygen atoms in total. The summed E-state index contributed by atoms with van der Waals surface area (Å²) in [5.41, 5.74) is 0.0687. The molecule has 2 atom stereocenters. The first-order valence-corrected chi connectivity index (χ1v) is 6.65. The Labute approximate surface area is 99.5 Å². The maximum absolute atomic E-state index is 5.79. The van der Waals surface area contributed by atoms with E-state index in [1.807, 2.05) is 0 Å². The molecule has 2 heterocycles. The van der Waals surface area contributed by atoms with Gasteiger partial charge in [-0.2, -0.15) is 0 Å². The highest BCUT2D eigenvalue weighted by atomic mass is 16.5. The van der Waals surface area contributed by atoms with E-state index in [9.17, 15) is 0 Å². The molecule has 0 amide bonds. The molecular weight excluding hydrogens is 200 g/mol. The van der Waals surface area contributed by atoms with Crippen LogP contribution in [0, 0.1) is 0 Å². The fraction of sp³-hybridized carbons (Fsp3) is 1.00. The first-order valence-electron chi connectivity index (χ1n) is 6.65. The van der Waals surface area contributed by atoms with Crippen molar-refractivity contribution in [1.29, 1.82) is 0 Å². The zero-order valence-corrected chi connectivity index (χ0v) is 11.0. The van der Waals surface area contributed by atoms with Gasteiger partial charge in [0.1, 0.15) is 0 Å². The van der Waals surface area contributed by atoms with E-state index in [1.54, 1.807) is 0 Å². The molecule has 2 fully saturated rings. The van der Waals surface area contributed by atoms with Crippen LogP contribution in [0.4, 0.5) is 0 Å². The Hall–Kier alpha value is -0.120. The van der Waals surface area contributed by atoms with Gasteiger partial charge in [-0.1, -0.05) is 0 Å². The lowest BCUT2D eigenvalue weighted by Crippen LogP contribution is -2.52. The van der Waals surface area contributed by atoms with Crippen LogP contribution >= 0.6 is 0 Å². The lowest BCUT2D eigenvalue weighted by atomic mass is 9.91. The second-order valence-electron chi connectivity index (χ2n) is 5.92. The Balaban J connectivity index is 1.90. The first-order chi connectivity index (χ1) is 7.58. The predicted octanol–water partition coefficient (Wildman–Crippen LogP) is 1.63. The van der Waals surface area contributed by atoms with Gasteiger partial charge in [0.25, 0.3) is 0 Å². The minimum Gasteiger partial charge on any atom is -0.375 e. The van der Waals surface area contributed by atoms with Gasteiger partial charge >= 0.3 is 0 Å². The number of piperidine rings is 1. The van der Waals surface area contributed by atoms with Crippen LogP contribution in [0.5, 0.6) is 0 Å². The number of ether oxygens (including phenoxy) is 1. The fourth-order valence-electron chi connectivity index (χ4n) is 3.03. The number of likely N-dealkylation sites (N-methyl/N-ethyl adjacent to an activating group) is 1. The summed E-state index contributed by atoms with van der Waals surface area (Å²) in [5, 5.41) is 3.50. The third-order valence-electron chi connectivity index (χ3n) is 4.09. The van der Waals surface area contributed by atoms with Crippen molar-refractivity contribution in [2.75, 3.05) is 26.7 Å². The highest BCUT2D eigenvalue weighted by molar-refractivity contribution is 4.88. The van der Waals surface area contributed by atoms with Crippen molar-refractivity contribution in [2.24, 2.45) is 0 Å². The molecule has 0 aromatic rings. The topological polar surface area (TPSA) is 24.5 Å². The zero-order chi connectivity index (χ0) is 11.6. The van der Waals surface area contributed by atoms with E-state index in [-0.39, 0.29) is 5.60 Å². The molecule has 2 rings (SSSR count). The van der Waals surface area contributed by atoms with Crippen LogP contribution in [0.1, 0.15) is 39.5 Å². The van der Waals surface area contributed by atoms with Gasteiger partial charge in [0.2, 0.25) is 0 Å². The SMILES string of the molecule is CN(C1CCCNC1)C1CCOC(C)(C)C1. The van der Waals surface area contributed by atoms with E-state index >= 15 is 0 Å². The van der Waals surface area contributed by atoms with Crippen LogP contribution in [0.15, 0.2) is 0 Å². The molecule has 0 spiro atoms. The van der Waals surface area contributed by atoms with E-state index in [1.165, 1.54) is 32.2 Å². The van der Waals surface area contributed by atoms with Crippen LogP contribution in [-0.4, -0.2) is 49.3 Å². The lowest BCUT2D eigenvalue weighted by Gasteiger charge is -2.43. The third kappa shape index (κ3) is 2.96. The molecule has 0 bridgehead atoms. The van der Waals surface area contributed by atoms with Gasteiger partial charge in [-0.3, -0.25) is 4.90 Å². The summed E-state index contributed by atoms with van der Waals surface area (Å²) < 4.78 is 5.79. The smallest absolute Gasteiger partial charge is 0.0641 e. The standard InChI is InChI=1S/C13H26N2O/c1-13(2)9-11(6-8-16-13)15(3)12-5-4-7-14-10-12/h11-12,14H,4-10H2,1-3H3. The van der Waals surface area contributed by atoms with Gasteiger partial charge in [0.05, 0.1) is 5.60 Å². The van der Waals surface area contributed by atoms with E-state index < -0.39 is 0 Å². The van der Waals surface area contributed by atoms with Gasteiger partial charge in [0, 0.05) is 25.2 Å². The van der Waals surface area contributed by atoms with Gasteiger partial charge in [-0.15, -0.1) is 0 Å². The molecule has 16 heavy (non-hydrogen) atoms. The Bertz CT molecular complexity index is 224. The summed E-state index contributed by atoms with van der Waals surface area (Å²) in [6, 6.07) is 1.43. The molecule has 0 aromatic heterocycles. The summed E-state index contributed by atoms with van der Waals surface area (Å²) in [7, 11) is 2.30. The van der Waals surface area contributed by atoms with E-state index in [4.69, 9.17) is 4.74 Å². The molecule has 1 N–H and O–H groups in total. The maximum atomic E-state index is 5.79. The Kier molecular flexibility index (Phi) is 3.88. The van der Waals surface area contributed by atoms with Crippen LogP contribution in [0.3, 0.4) is 0 Å². The summed E-state index contributed by atoms with van der Waals surface area (Å²) in [4.78, 5) is 2.59. The van der Waals surface area contributed by atoms with E-state index in [0.29, 0.717) is 6.04 Å². The average Bonchev–Trinajstić information content (AvgIpc) is 2.28. The minimum atomic E-state index is 0.0687. The molecule has 2 saturated heterocycles. The van der Waals surface area contributed by atoms with Gasteiger partial charge in [-0.05, 0) is 53.1 Å². The fourth-order valence-corrected chi connectivity index (χ4v) is 3.03. The maximum Gasteiger partial charge on any atom is 0.0641 e. The molecule has 94 valence electrons. The van der Waals surface area contributed by atoms with Crippen molar-refractivity contribution in [1.82, 2.24) is 10.2 Å². The highest BCUT2D eigenvalue weighted by Crippen LogP contribution is 2.28. The van der Waals surface area contributed by atoms with Crippen LogP contribution in [-0.2, 0) is 4.74 Å². The molecule has 2 unspecified atom stereocenters. The molecule has 2 aliphatic rings. The quantitative estimate of drug-likeness (QED) is 0.774. The van der Waals surface area contributed by atoms with Gasteiger partial charge in [0.15, 0.2) is 0 Å². The van der Waals surface area contributed by atoms with Crippen molar-refractivity contribution in [3.05, 3.63) is 0 Å². The highest BCUT2D eigenvalue weighted by Gasteiger charge is 2.33. The van der Waals surface area contributed by atoms with E-state index in [2.05, 4.69) is 31.1 Å². The Morgan fingerprint density at radius 3 is 2.69 bits per heavy atom. The lowest BCUT2D eigenvalue weighted by molar-refractivity contribution is -0.0859. The number of nitrogens with one attached hydrogen (secondary N) is 1. The molecule has 2 aliphatic heterocycles. The molecular formula is C13H26N2O. The normalized spacial score (nSPS) is 35.2. The van der Waals surface area contributed by atoms with Crippen LogP contribution in [0.2, 0.25) is 0 Å². The number of hydrogen-bond acceptors (Lipinski definition) is 3. The summed E-state index contributed by atoms with van der Waals surface area (Å²) in [6.07, 6.45) is 5.03. The first kappa shape index (κ1) is 12.3. The second-order valence-corrected chi connectivity index (χ2v) is 5.92. The van der Waals surface area contributed by atoms with Crippen LogP contribution in [0.25, 0.3) is 0 Å². The van der Waals surface area contributed by atoms with Gasteiger partial charge in [-0.25, -0.2) is 0 Å². The largest absolute Gasteiger partial charge is 0.375 e. The average molecular weight is 226 g/mol. The van der Waals surface area contributed by atoms with Crippen molar-refractivity contribution in [3.8, 4) is 0 Å². The predicted molar refractivity (Wildman–Crippen MR) is 66.7 cm³/mol. The summed E-state index contributed by atoms with van der Waals surface area (Å²) in [6.45, 7) is 7.71. The monoisotopic (exact) mass is 226 g/mol. The van der Waals surface area contributed by atoms with Gasteiger partial charge < -0.3 is 10.1 Å². The molecule has 0 aliphatic carbocycles. The summed E-state index contributed by atoms with van der Waals surface area (Å²) >= 11 is 0. The van der Waals surface area contributed by atoms with E-state index in [0.717, 1.165) is 19.2 Å². The molecule has 0 radical (unpaired) electrons. The Morgan fingerprint density at radius 2 is 2.06 bits per heavy atom.